The van der Waals surface area contributed by atoms with E-state index in [0.717, 1.165) is 44.3 Å². The highest BCUT2D eigenvalue weighted by molar-refractivity contribution is 5.94. The second kappa shape index (κ2) is 7.67. The van der Waals surface area contributed by atoms with Crippen LogP contribution in [0.4, 0.5) is 4.79 Å². The van der Waals surface area contributed by atoms with Crippen molar-refractivity contribution in [1.82, 2.24) is 10.2 Å². The van der Waals surface area contributed by atoms with Crippen molar-refractivity contribution in [1.29, 1.82) is 0 Å². The summed E-state index contributed by atoms with van der Waals surface area (Å²) in [6.07, 6.45) is 2.99. The van der Waals surface area contributed by atoms with Crippen LogP contribution in [0.15, 0.2) is 30.3 Å². The Balaban J connectivity index is 1.69. The van der Waals surface area contributed by atoms with Crippen LogP contribution >= 0.6 is 0 Å². The molecule has 1 fully saturated rings. The molecule has 2 N–H and O–H groups in total. The van der Waals surface area contributed by atoms with Gasteiger partial charge in [-0.15, -0.1) is 0 Å². The third-order valence-corrected chi connectivity index (χ3v) is 3.91. The highest BCUT2D eigenvalue weighted by Gasteiger charge is 2.26. The molecule has 1 heterocycles. The fourth-order valence-electron chi connectivity index (χ4n) is 2.77. The Kier molecular flexibility index (Phi) is 5.60. The SMILES string of the molecule is O=C(O)NCCCCC1CCN(C(=O)c2ccccc2)C1. The van der Waals surface area contributed by atoms with Crippen LogP contribution in [0.25, 0.3) is 0 Å². The van der Waals surface area contributed by atoms with E-state index in [9.17, 15) is 9.59 Å². The Labute approximate surface area is 125 Å². The van der Waals surface area contributed by atoms with Gasteiger partial charge in [-0.1, -0.05) is 24.6 Å². The molecule has 0 aliphatic carbocycles. The first-order valence-electron chi connectivity index (χ1n) is 7.48. The van der Waals surface area contributed by atoms with Gasteiger partial charge in [-0.25, -0.2) is 4.79 Å². The molecule has 1 saturated heterocycles. The average Bonchev–Trinajstić information content (AvgIpc) is 2.95. The predicted octanol–water partition coefficient (Wildman–Crippen LogP) is 2.59. The molecule has 0 spiro atoms. The number of carbonyl (C=O) groups is 2. The van der Waals surface area contributed by atoms with Gasteiger partial charge in [0.2, 0.25) is 0 Å². The van der Waals surface area contributed by atoms with Crippen molar-refractivity contribution in [3.8, 4) is 0 Å². The van der Waals surface area contributed by atoms with E-state index in [4.69, 9.17) is 5.11 Å². The van der Waals surface area contributed by atoms with Gasteiger partial charge < -0.3 is 15.3 Å². The van der Waals surface area contributed by atoms with Crippen LogP contribution in [0.3, 0.4) is 0 Å². The molecular weight excluding hydrogens is 268 g/mol. The van der Waals surface area contributed by atoms with Crippen molar-refractivity contribution in [2.45, 2.75) is 25.7 Å². The fraction of sp³-hybridized carbons (Fsp3) is 0.500. The summed E-state index contributed by atoms with van der Waals surface area (Å²) >= 11 is 0. The largest absolute Gasteiger partial charge is 0.465 e. The monoisotopic (exact) mass is 290 g/mol. The second-order valence-corrected chi connectivity index (χ2v) is 5.50. The summed E-state index contributed by atoms with van der Waals surface area (Å²) in [5.74, 6) is 0.660. The minimum Gasteiger partial charge on any atom is -0.465 e. The van der Waals surface area contributed by atoms with Gasteiger partial charge in [-0.05, 0) is 37.3 Å². The lowest BCUT2D eigenvalue weighted by Crippen LogP contribution is -2.28. The number of carboxylic acid groups (broad SMARTS) is 1. The molecule has 0 saturated carbocycles. The van der Waals surface area contributed by atoms with E-state index in [0.29, 0.717) is 12.5 Å². The molecule has 0 aromatic heterocycles. The molecular formula is C16H22N2O3. The summed E-state index contributed by atoms with van der Waals surface area (Å²) in [5.41, 5.74) is 0.754. The van der Waals surface area contributed by atoms with Crippen molar-refractivity contribution in [3.05, 3.63) is 35.9 Å². The zero-order valence-electron chi connectivity index (χ0n) is 12.1. The van der Waals surface area contributed by atoms with Gasteiger partial charge in [0.25, 0.3) is 5.91 Å². The first-order valence-corrected chi connectivity index (χ1v) is 7.48. The minimum atomic E-state index is -0.963. The third kappa shape index (κ3) is 4.77. The number of nitrogens with zero attached hydrogens (tertiary/aromatic N) is 1. The molecule has 1 aromatic carbocycles. The lowest BCUT2D eigenvalue weighted by molar-refractivity contribution is 0.0786. The van der Waals surface area contributed by atoms with E-state index >= 15 is 0 Å². The molecule has 21 heavy (non-hydrogen) atoms. The number of carbonyl (C=O) groups excluding carboxylic acids is 1. The lowest BCUT2D eigenvalue weighted by Gasteiger charge is -2.16. The van der Waals surface area contributed by atoms with Crippen molar-refractivity contribution >= 4 is 12.0 Å². The number of likely N-dealkylation sites (tertiary alicyclic amines) is 1. The molecule has 0 bridgehead atoms. The number of rotatable bonds is 6. The minimum absolute atomic E-state index is 0.116. The van der Waals surface area contributed by atoms with E-state index in [-0.39, 0.29) is 5.91 Å². The van der Waals surface area contributed by atoms with Gasteiger partial charge in [0, 0.05) is 25.2 Å². The Morgan fingerprint density at radius 3 is 2.71 bits per heavy atom. The van der Waals surface area contributed by atoms with Gasteiger partial charge >= 0.3 is 6.09 Å². The number of benzene rings is 1. The first-order chi connectivity index (χ1) is 10.2. The van der Waals surface area contributed by atoms with Crippen LogP contribution in [-0.2, 0) is 0 Å². The molecule has 114 valence electrons. The van der Waals surface area contributed by atoms with Crippen LogP contribution in [0, 0.1) is 5.92 Å². The Hall–Kier alpha value is -2.04. The first kappa shape index (κ1) is 15.4. The molecule has 1 atom stereocenters. The normalized spacial score (nSPS) is 17.7. The van der Waals surface area contributed by atoms with Gasteiger partial charge in [0.1, 0.15) is 0 Å². The standard InChI is InChI=1S/C16H22N2O3/c19-15(14-7-2-1-3-8-14)18-11-9-13(12-18)6-4-5-10-17-16(20)21/h1-3,7-8,13,17H,4-6,9-12H2,(H,20,21). The second-order valence-electron chi connectivity index (χ2n) is 5.50. The fourth-order valence-corrected chi connectivity index (χ4v) is 2.77. The quantitative estimate of drug-likeness (QED) is 0.791. The summed E-state index contributed by atoms with van der Waals surface area (Å²) in [7, 11) is 0. The van der Waals surface area contributed by atoms with Crippen LogP contribution < -0.4 is 5.32 Å². The molecule has 1 unspecified atom stereocenters. The van der Waals surface area contributed by atoms with Crippen molar-refractivity contribution in [2.24, 2.45) is 5.92 Å². The molecule has 5 heteroatoms. The van der Waals surface area contributed by atoms with E-state index in [1.807, 2.05) is 35.2 Å². The summed E-state index contributed by atoms with van der Waals surface area (Å²) in [6.45, 7) is 2.15. The lowest BCUT2D eigenvalue weighted by atomic mass is 10.0. The van der Waals surface area contributed by atoms with Crippen LogP contribution in [0.5, 0.6) is 0 Å². The maximum Gasteiger partial charge on any atom is 0.404 e. The Morgan fingerprint density at radius 1 is 1.24 bits per heavy atom. The Bertz CT molecular complexity index is 476. The van der Waals surface area contributed by atoms with Crippen LogP contribution in [0.1, 0.15) is 36.0 Å². The zero-order chi connectivity index (χ0) is 15.1. The molecule has 1 aliphatic rings. The van der Waals surface area contributed by atoms with Gasteiger partial charge in [0.05, 0.1) is 0 Å². The highest BCUT2D eigenvalue weighted by Crippen LogP contribution is 2.23. The summed E-state index contributed by atoms with van der Waals surface area (Å²) < 4.78 is 0. The molecule has 5 nitrogen and oxygen atoms in total. The molecule has 2 amide bonds. The number of nitrogens with one attached hydrogen (secondary N) is 1. The maximum absolute atomic E-state index is 12.3. The summed E-state index contributed by atoms with van der Waals surface area (Å²) in [5, 5.41) is 10.8. The van der Waals surface area contributed by atoms with E-state index in [1.54, 1.807) is 0 Å². The zero-order valence-corrected chi connectivity index (χ0v) is 12.1. The number of amides is 2. The molecule has 0 radical (unpaired) electrons. The van der Waals surface area contributed by atoms with E-state index in [2.05, 4.69) is 5.32 Å². The average molecular weight is 290 g/mol. The predicted molar refractivity (Wildman–Crippen MR) is 80.3 cm³/mol. The van der Waals surface area contributed by atoms with Gasteiger partial charge in [0.15, 0.2) is 0 Å². The topological polar surface area (TPSA) is 69.6 Å². The number of unbranched alkanes of at least 4 members (excludes halogenated alkanes) is 1. The molecule has 2 rings (SSSR count). The summed E-state index contributed by atoms with van der Waals surface area (Å²) in [6, 6.07) is 9.39. The molecule has 1 aromatic rings. The van der Waals surface area contributed by atoms with Gasteiger partial charge in [-0.2, -0.15) is 0 Å². The highest BCUT2D eigenvalue weighted by atomic mass is 16.4. The molecule has 1 aliphatic heterocycles. The number of hydrogen-bond donors (Lipinski definition) is 2. The maximum atomic E-state index is 12.3. The van der Waals surface area contributed by atoms with Crippen molar-refractivity contribution in [2.75, 3.05) is 19.6 Å². The van der Waals surface area contributed by atoms with Crippen LogP contribution in [0.2, 0.25) is 0 Å². The van der Waals surface area contributed by atoms with Gasteiger partial charge in [-0.3, -0.25) is 4.79 Å². The Morgan fingerprint density at radius 2 is 2.00 bits per heavy atom. The summed E-state index contributed by atoms with van der Waals surface area (Å²) in [4.78, 5) is 24.5. The van der Waals surface area contributed by atoms with E-state index < -0.39 is 6.09 Å². The van der Waals surface area contributed by atoms with E-state index in [1.165, 1.54) is 0 Å². The van der Waals surface area contributed by atoms with Crippen LogP contribution in [-0.4, -0.2) is 41.6 Å². The third-order valence-electron chi connectivity index (χ3n) is 3.91. The van der Waals surface area contributed by atoms with Crippen molar-refractivity contribution in [3.63, 3.8) is 0 Å². The number of hydrogen-bond acceptors (Lipinski definition) is 2. The smallest absolute Gasteiger partial charge is 0.404 e. The van der Waals surface area contributed by atoms with Crippen molar-refractivity contribution < 1.29 is 14.7 Å².